The van der Waals surface area contributed by atoms with E-state index in [1.807, 2.05) is 11.9 Å². The summed E-state index contributed by atoms with van der Waals surface area (Å²) in [7, 11) is 3.73. The summed E-state index contributed by atoms with van der Waals surface area (Å²) >= 11 is 0. The average Bonchev–Trinajstić information content (AvgIpc) is 2.67. The van der Waals surface area contributed by atoms with Gasteiger partial charge < -0.3 is 19.9 Å². The summed E-state index contributed by atoms with van der Waals surface area (Å²) in [6.45, 7) is 9.31. The number of carbonyl (C=O) groups excluding carboxylic acids is 1. The van der Waals surface area contributed by atoms with E-state index < -0.39 is 0 Å². The van der Waals surface area contributed by atoms with Crippen molar-refractivity contribution >= 4 is 6.03 Å². The molecular formula is C13H27N3O2. The van der Waals surface area contributed by atoms with Crippen LogP contribution in [0.1, 0.15) is 20.3 Å². The van der Waals surface area contributed by atoms with Gasteiger partial charge in [0.15, 0.2) is 0 Å². The lowest BCUT2D eigenvalue weighted by Crippen LogP contribution is -2.42. The summed E-state index contributed by atoms with van der Waals surface area (Å²) in [6.07, 6.45) is 1.09. The molecule has 1 aliphatic heterocycles. The van der Waals surface area contributed by atoms with Gasteiger partial charge in [-0.3, -0.25) is 0 Å². The van der Waals surface area contributed by atoms with E-state index in [4.69, 9.17) is 4.74 Å². The summed E-state index contributed by atoms with van der Waals surface area (Å²) < 4.78 is 5.01. The van der Waals surface area contributed by atoms with Gasteiger partial charge in [-0.2, -0.15) is 0 Å². The van der Waals surface area contributed by atoms with Crippen LogP contribution in [0, 0.1) is 5.41 Å². The van der Waals surface area contributed by atoms with E-state index >= 15 is 0 Å². The van der Waals surface area contributed by atoms with Crippen molar-refractivity contribution in [2.45, 2.75) is 20.3 Å². The maximum Gasteiger partial charge on any atom is 0.317 e. The molecule has 5 nitrogen and oxygen atoms in total. The van der Waals surface area contributed by atoms with Crippen molar-refractivity contribution in [3.05, 3.63) is 0 Å². The Morgan fingerprint density at radius 2 is 2.17 bits per heavy atom. The molecule has 2 amide bonds. The third-order valence-electron chi connectivity index (χ3n) is 3.41. The van der Waals surface area contributed by atoms with Crippen LogP contribution in [0.3, 0.4) is 0 Å². The number of ether oxygens (including phenoxy) is 1. The number of carbonyl (C=O) groups is 1. The third-order valence-corrected chi connectivity index (χ3v) is 3.41. The highest BCUT2D eigenvalue weighted by Gasteiger charge is 2.31. The molecule has 0 aromatic heterocycles. The molecule has 1 rings (SSSR count). The maximum absolute atomic E-state index is 11.9. The van der Waals surface area contributed by atoms with E-state index in [-0.39, 0.29) is 11.4 Å². The van der Waals surface area contributed by atoms with Crippen molar-refractivity contribution in [1.29, 1.82) is 0 Å². The molecular weight excluding hydrogens is 230 g/mol. The smallest absolute Gasteiger partial charge is 0.317 e. The number of nitrogens with zero attached hydrogens (tertiary/aromatic N) is 2. The molecule has 0 unspecified atom stereocenters. The Hall–Kier alpha value is -0.810. The molecule has 1 aliphatic rings. The highest BCUT2D eigenvalue weighted by Crippen LogP contribution is 2.28. The molecule has 1 N–H and O–H groups in total. The van der Waals surface area contributed by atoms with Gasteiger partial charge in [0.1, 0.15) is 0 Å². The summed E-state index contributed by atoms with van der Waals surface area (Å²) in [4.78, 5) is 16.0. The lowest BCUT2D eigenvalue weighted by molar-refractivity contribution is 0.160. The van der Waals surface area contributed by atoms with Gasteiger partial charge in [-0.05, 0) is 18.9 Å². The Bertz CT molecular complexity index is 269. The van der Waals surface area contributed by atoms with Crippen molar-refractivity contribution in [2.24, 2.45) is 5.41 Å². The molecule has 0 saturated carbocycles. The SMILES string of the molecule is COCCN(C)CCNC(=O)N1CCC(C)(C)C1. The molecule has 1 heterocycles. The van der Waals surface area contributed by atoms with E-state index in [0.717, 1.165) is 39.2 Å². The quantitative estimate of drug-likeness (QED) is 0.772. The molecule has 1 fully saturated rings. The van der Waals surface area contributed by atoms with Crippen molar-refractivity contribution in [2.75, 3.05) is 53.5 Å². The first-order chi connectivity index (χ1) is 8.44. The predicted octanol–water partition coefficient (Wildman–Crippen LogP) is 1.01. The number of amides is 2. The van der Waals surface area contributed by atoms with E-state index in [2.05, 4.69) is 24.1 Å². The largest absolute Gasteiger partial charge is 0.383 e. The van der Waals surface area contributed by atoms with E-state index in [0.29, 0.717) is 6.54 Å². The fraction of sp³-hybridized carbons (Fsp3) is 0.923. The van der Waals surface area contributed by atoms with Crippen LogP contribution in [0.4, 0.5) is 4.79 Å². The fourth-order valence-electron chi connectivity index (χ4n) is 2.11. The predicted molar refractivity (Wildman–Crippen MR) is 72.7 cm³/mol. The monoisotopic (exact) mass is 257 g/mol. The van der Waals surface area contributed by atoms with Crippen LogP contribution in [0.25, 0.3) is 0 Å². The lowest BCUT2D eigenvalue weighted by Gasteiger charge is -2.21. The Kier molecular flexibility index (Phi) is 5.88. The second-order valence-electron chi connectivity index (χ2n) is 5.86. The number of rotatable bonds is 6. The molecule has 0 aromatic rings. The normalized spacial score (nSPS) is 18.4. The van der Waals surface area contributed by atoms with Gasteiger partial charge >= 0.3 is 6.03 Å². The van der Waals surface area contributed by atoms with Crippen molar-refractivity contribution < 1.29 is 9.53 Å². The second-order valence-corrected chi connectivity index (χ2v) is 5.86. The number of methoxy groups -OCH3 is 1. The first-order valence-corrected chi connectivity index (χ1v) is 6.65. The molecule has 18 heavy (non-hydrogen) atoms. The minimum absolute atomic E-state index is 0.0701. The molecule has 5 heteroatoms. The van der Waals surface area contributed by atoms with Crippen LogP contribution in [0.15, 0.2) is 0 Å². The molecule has 0 radical (unpaired) electrons. The Morgan fingerprint density at radius 3 is 2.72 bits per heavy atom. The van der Waals surface area contributed by atoms with Crippen LogP contribution in [0.2, 0.25) is 0 Å². The number of urea groups is 1. The highest BCUT2D eigenvalue weighted by molar-refractivity contribution is 5.74. The third kappa shape index (κ3) is 5.23. The Morgan fingerprint density at radius 1 is 1.44 bits per heavy atom. The minimum atomic E-state index is 0.0701. The van der Waals surface area contributed by atoms with Crippen LogP contribution >= 0.6 is 0 Å². The first kappa shape index (κ1) is 15.2. The van der Waals surface area contributed by atoms with Gasteiger partial charge in [-0.25, -0.2) is 4.79 Å². The van der Waals surface area contributed by atoms with Crippen molar-refractivity contribution in [3.8, 4) is 0 Å². The maximum atomic E-state index is 11.9. The molecule has 106 valence electrons. The topological polar surface area (TPSA) is 44.8 Å². The summed E-state index contributed by atoms with van der Waals surface area (Å²) in [6, 6.07) is 0.0701. The van der Waals surface area contributed by atoms with Crippen LogP contribution in [0.5, 0.6) is 0 Å². The zero-order valence-corrected chi connectivity index (χ0v) is 12.2. The molecule has 0 spiro atoms. The van der Waals surface area contributed by atoms with E-state index in [1.165, 1.54) is 0 Å². The number of hydrogen-bond donors (Lipinski definition) is 1. The summed E-state index contributed by atoms with van der Waals surface area (Å²) in [5.41, 5.74) is 0.270. The average molecular weight is 257 g/mol. The molecule has 0 bridgehead atoms. The summed E-state index contributed by atoms with van der Waals surface area (Å²) in [5.74, 6) is 0. The molecule has 1 saturated heterocycles. The van der Waals surface area contributed by atoms with Gasteiger partial charge in [0.05, 0.1) is 6.61 Å². The zero-order chi connectivity index (χ0) is 13.6. The molecule has 0 aliphatic carbocycles. The molecule has 0 aromatic carbocycles. The molecule has 0 atom stereocenters. The van der Waals surface area contributed by atoms with Gasteiger partial charge in [-0.1, -0.05) is 13.8 Å². The van der Waals surface area contributed by atoms with Gasteiger partial charge in [-0.15, -0.1) is 0 Å². The van der Waals surface area contributed by atoms with Crippen molar-refractivity contribution in [1.82, 2.24) is 15.1 Å². The Balaban J connectivity index is 2.14. The van der Waals surface area contributed by atoms with Crippen LogP contribution in [-0.2, 0) is 4.74 Å². The number of likely N-dealkylation sites (tertiary alicyclic amines) is 1. The number of nitrogens with one attached hydrogen (secondary N) is 1. The van der Waals surface area contributed by atoms with Crippen LogP contribution in [-0.4, -0.2) is 69.3 Å². The van der Waals surface area contributed by atoms with Gasteiger partial charge in [0.2, 0.25) is 0 Å². The minimum Gasteiger partial charge on any atom is -0.383 e. The zero-order valence-electron chi connectivity index (χ0n) is 12.2. The number of likely N-dealkylation sites (N-methyl/N-ethyl adjacent to an activating group) is 1. The highest BCUT2D eigenvalue weighted by atomic mass is 16.5. The van der Waals surface area contributed by atoms with E-state index in [1.54, 1.807) is 7.11 Å². The lowest BCUT2D eigenvalue weighted by atomic mass is 9.93. The van der Waals surface area contributed by atoms with E-state index in [9.17, 15) is 4.79 Å². The summed E-state index contributed by atoms with van der Waals surface area (Å²) in [5, 5.41) is 2.97. The van der Waals surface area contributed by atoms with Crippen molar-refractivity contribution in [3.63, 3.8) is 0 Å². The van der Waals surface area contributed by atoms with Gasteiger partial charge in [0, 0.05) is 39.8 Å². The standard InChI is InChI=1S/C13H27N3O2/c1-13(2)5-7-16(11-13)12(17)14-6-8-15(3)9-10-18-4/h5-11H2,1-4H3,(H,14,17). The van der Waals surface area contributed by atoms with Crippen LogP contribution < -0.4 is 5.32 Å². The second kappa shape index (κ2) is 6.95. The van der Waals surface area contributed by atoms with Gasteiger partial charge in [0.25, 0.3) is 0 Å². The fourth-order valence-corrected chi connectivity index (χ4v) is 2.11. The number of hydrogen-bond acceptors (Lipinski definition) is 3. The first-order valence-electron chi connectivity index (χ1n) is 6.65. The Labute approximate surface area is 110 Å².